The molecule has 1 aliphatic heterocycles. The number of halogens is 2. The summed E-state index contributed by atoms with van der Waals surface area (Å²) in [5.41, 5.74) is 5.44. The molecule has 1 atom stereocenters. The minimum Gasteiger partial charge on any atom is -0.332 e. The topological polar surface area (TPSA) is 58.1 Å². The second kappa shape index (κ2) is 9.68. The van der Waals surface area contributed by atoms with Gasteiger partial charge in [-0.1, -0.05) is 0 Å². The van der Waals surface area contributed by atoms with Gasteiger partial charge in [0.25, 0.3) is 5.91 Å². The maximum atomic E-state index is 12.9. The zero-order chi connectivity index (χ0) is 15.5. The van der Waals surface area contributed by atoms with Crippen LogP contribution in [0.2, 0.25) is 0 Å². The van der Waals surface area contributed by atoms with Crippen molar-refractivity contribution in [3.05, 3.63) is 32.2 Å². The maximum Gasteiger partial charge on any atom is 0.266 e. The molecule has 1 fully saturated rings. The second-order valence-corrected chi connectivity index (χ2v) is 7.47. The van der Waals surface area contributed by atoms with Crippen molar-refractivity contribution in [1.82, 2.24) is 20.2 Å². The molecule has 3 heterocycles. The van der Waals surface area contributed by atoms with E-state index in [1.807, 2.05) is 24.3 Å². The second-order valence-electron chi connectivity index (χ2n) is 5.67. The Balaban J connectivity index is 0.00000144. The van der Waals surface area contributed by atoms with Gasteiger partial charge in [-0.15, -0.1) is 47.5 Å². The van der Waals surface area contributed by atoms with E-state index in [0.29, 0.717) is 12.5 Å². The molecule has 1 amide bonds. The van der Waals surface area contributed by atoms with Crippen LogP contribution in [-0.4, -0.2) is 40.4 Å². The highest BCUT2D eigenvalue weighted by Crippen LogP contribution is 2.22. The Morgan fingerprint density at radius 3 is 2.50 bits per heavy atom. The van der Waals surface area contributed by atoms with Crippen LogP contribution in [0.25, 0.3) is 0 Å². The first-order valence-electron chi connectivity index (χ1n) is 7.44. The predicted octanol–water partition coefficient (Wildman–Crippen LogP) is 3.31. The minimum absolute atomic E-state index is 0. The average Bonchev–Trinajstić information content (AvgIpc) is 3.22. The Bertz CT molecular complexity index is 655. The molecule has 24 heavy (non-hydrogen) atoms. The van der Waals surface area contributed by atoms with Gasteiger partial charge in [-0.25, -0.2) is 9.97 Å². The van der Waals surface area contributed by atoms with Gasteiger partial charge in [-0.2, -0.15) is 0 Å². The van der Waals surface area contributed by atoms with Crippen molar-refractivity contribution in [2.24, 2.45) is 5.92 Å². The first-order valence-corrected chi connectivity index (χ1v) is 9.20. The summed E-state index contributed by atoms with van der Waals surface area (Å²) in [5.74, 6) is 0.630. The van der Waals surface area contributed by atoms with Crippen LogP contribution in [-0.2, 0) is 6.54 Å². The quantitative estimate of drug-likeness (QED) is 0.823. The monoisotopic (exact) mass is 408 g/mol. The Labute approximate surface area is 162 Å². The lowest BCUT2D eigenvalue weighted by Crippen LogP contribution is -2.35. The number of carbonyl (C=O) groups excluding carboxylic acids is 1. The van der Waals surface area contributed by atoms with E-state index >= 15 is 0 Å². The van der Waals surface area contributed by atoms with Gasteiger partial charge in [-0.05, 0) is 39.3 Å². The van der Waals surface area contributed by atoms with Crippen molar-refractivity contribution in [3.63, 3.8) is 0 Å². The van der Waals surface area contributed by atoms with E-state index in [9.17, 15) is 4.79 Å². The molecule has 0 saturated carbocycles. The summed E-state index contributed by atoms with van der Waals surface area (Å²) in [7, 11) is 0. The summed E-state index contributed by atoms with van der Waals surface area (Å²) >= 11 is 3.05. The summed E-state index contributed by atoms with van der Waals surface area (Å²) < 4.78 is 0. The van der Waals surface area contributed by atoms with Crippen LogP contribution in [0.1, 0.15) is 32.4 Å². The molecule has 0 bridgehead atoms. The van der Waals surface area contributed by atoms with Gasteiger partial charge in [0.1, 0.15) is 4.88 Å². The fourth-order valence-corrected chi connectivity index (χ4v) is 4.26. The van der Waals surface area contributed by atoms with Crippen molar-refractivity contribution in [3.8, 4) is 0 Å². The largest absolute Gasteiger partial charge is 0.332 e. The number of hydrogen-bond acceptors (Lipinski definition) is 6. The third-order valence-electron chi connectivity index (χ3n) is 4.05. The number of amides is 1. The normalized spacial score (nSPS) is 16.3. The highest BCUT2D eigenvalue weighted by atomic mass is 35.5. The molecule has 5 nitrogen and oxygen atoms in total. The summed E-state index contributed by atoms with van der Waals surface area (Å²) in [6.45, 7) is 7.38. The summed E-state index contributed by atoms with van der Waals surface area (Å²) in [6, 6.07) is 0. The van der Waals surface area contributed by atoms with Crippen molar-refractivity contribution >= 4 is 53.4 Å². The van der Waals surface area contributed by atoms with E-state index < -0.39 is 0 Å². The summed E-state index contributed by atoms with van der Waals surface area (Å²) in [6.07, 6.45) is 1.13. The molecule has 2 aromatic rings. The van der Waals surface area contributed by atoms with Gasteiger partial charge in [-0.3, -0.25) is 4.79 Å². The standard InChI is InChI=1S/C15H20N4OS2.2ClH/c1-10-13(21-8-17-10)7-19(6-12-3-4-16-5-12)15(20)14-11(2)18-9-22-14;;/h8-9,12,16H,3-7H2,1-2H3;2*1H. The highest BCUT2D eigenvalue weighted by Gasteiger charge is 2.25. The maximum absolute atomic E-state index is 12.9. The Morgan fingerprint density at radius 2 is 1.96 bits per heavy atom. The minimum atomic E-state index is 0. The average molecular weight is 409 g/mol. The zero-order valence-electron chi connectivity index (χ0n) is 13.7. The van der Waals surface area contributed by atoms with Gasteiger partial charge < -0.3 is 10.2 Å². The SMILES string of the molecule is Cc1ncsc1CN(CC1CCNC1)C(=O)c1scnc1C.Cl.Cl. The number of aromatic nitrogens is 2. The van der Waals surface area contributed by atoms with Crippen LogP contribution in [0, 0.1) is 19.8 Å². The number of nitrogens with one attached hydrogen (secondary N) is 1. The Hall–Kier alpha value is -0.730. The molecule has 2 aromatic heterocycles. The smallest absolute Gasteiger partial charge is 0.266 e. The molecule has 1 saturated heterocycles. The zero-order valence-corrected chi connectivity index (χ0v) is 16.9. The molecule has 9 heteroatoms. The van der Waals surface area contributed by atoms with Crippen LogP contribution in [0.3, 0.4) is 0 Å². The first-order chi connectivity index (χ1) is 10.6. The van der Waals surface area contributed by atoms with Crippen LogP contribution >= 0.6 is 47.5 Å². The molecule has 3 rings (SSSR count). The van der Waals surface area contributed by atoms with E-state index in [1.54, 1.807) is 16.8 Å². The van der Waals surface area contributed by atoms with Crippen molar-refractivity contribution < 1.29 is 4.79 Å². The van der Waals surface area contributed by atoms with E-state index in [1.165, 1.54) is 16.2 Å². The van der Waals surface area contributed by atoms with Crippen LogP contribution < -0.4 is 5.32 Å². The number of carbonyl (C=O) groups is 1. The highest BCUT2D eigenvalue weighted by molar-refractivity contribution is 7.12. The lowest BCUT2D eigenvalue weighted by Gasteiger charge is -2.25. The first kappa shape index (κ1) is 21.3. The fraction of sp³-hybridized carbons (Fsp3) is 0.533. The van der Waals surface area contributed by atoms with Crippen molar-refractivity contribution in [2.75, 3.05) is 19.6 Å². The molecular formula is C15H22Cl2N4OS2. The lowest BCUT2D eigenvalue weighted by molar-refractivity contribution is 0.0724. The number of thiazole rings is 2. The van der Waals surface area contributed by atoms with Crippen molar-refractivity contribution in [1.29, 1.82) is 0 Å². The molecule has 0 aromatic carbocycles. The van der Waals surface area contributed by atoms with Gasteiger partial charge in [0.2, 0.25) is 0 Å². The van der Waals surface area contributed by atoms with Gasteiger partial charge in [0.05, 0.1) is 29.0 Å². The van der Waals surface area contributed by atoms with Gasteiger partial charge in [0.15, 0.2) is 0 Å². The molecule has 0 spiro atoms. The van der Waals surface area contributed by atoms with Crippen molar-refractivity contribution in [2.45, 2.75) is 26.8 Å². The van der Waals surface area contributed by atoms with Crippen LogP contribution in [0.4, 0.5) is 0 Å². The number of rotatable bonds is 5. The van der Waals surface area contributed by atoms with Crippen LogP contribution in [0.15, 0.2) is 11.0 Å². The van der Waals surface area contributed by atoms with Crippen LogP contribution in [0.5, 0.6) is 0 Å². The molecule has 1 N–H and O–H groups in total. The Kier molecular flexibility index (Phi) is 8.59. The van der Waals surface area contributed by atoms with E-state index in [2.05, 4.69) is 15.3 Å². The molecule has 0 aliphatic carbocycles. The Morgan fingerprint density at radius 1 is 1.25 bits per heavy atom. The van der Waals surface area contributed by atoms with E-state index in [-0.39, 0.29) is 30.7 Å². The molecular weight excluding hydrogens is 387 g/mol. The van der Waals surface area contributed by atoms with E-state index in [0.717, 1.165) is 42.3 Å². The molecule has 1 unspecified atom stereocenters. The number of hydrogen-bond donors (Lipinski definition) is 1. The third-order valence-corrected chi connectivity index (χ3v) is 5.88. The lowest BCUT2D eigenvalue weighted by atomic mass is 10.1. The third kappa shape index (κ3) is 4.89. The predicted molar refractivity (Wildman–Crippen MR) is 104 cm³/mol. The summed E-state index contributed by atoms with van der Waals surface area (Å²) in [4.78, 5) is 25.3. The fourth-order valence-electron chi connectivity index (χ4n) is 2.70. The van der Waals surface area contributed by atoms with Gasteiger partial charge in [0, 0.05) is 11.4 Å². The number of nitrogens with zero attached hydrogens (tertiary/aromatic N) is 3. The van der Waals surface area contributed by atoms with E-state index in [4.69, 9.17) is 0 Å². The summed E-state index contributed by atoms with van der Waals surface area (Å²) in [5, 5.41) is 3.38. The van der Waals surface area contributed by atoms with Gasteiger partial charge >= 0.3 is 0 Å². The number of aryl methyl sites for hydroxylation is 2. The molecule has 134 valence electrons. The molecule has 0 radical (unpaired) electrons. The molecule has 1 aliphatic rings.